The zero-order valence-electron chi connectivity index (χ0n) is 22.5. The fourth-order valence-electron chi connectivity index (χ4n) is 2.71. The van der Waals surface area contributed by atoms with E-state index in [0.717, 1.165) is 0 Å². The van der Waals surface area contributed by atoms with Crippen LogP contribution in [-0.4, -0.2) is 31.3 Å². The van der Waals surface area contributed by atoms with Crippen molar-refractivity contribution in [2.45, 2.75) is 46.6 Å². The topological polar surface area (TPSA) is 65.1 Å². The Hall–Kier alpha value is -5.94. The van der Waals surface area contributed by atoms with Gasteiger partial charge in [-0.15, -0.1) is 6.42 Å². The van der Waals surface area contributed by atoms with E-state index in [2.05, 4.69) is 125 Å². The highest BCUT2D eigenvalue weighted by atomic mass is 16.6. The molecule has 40 heavy (non-hydrogen) atoms. The highest BCUT2D eigenvalue weighted by Crippen LogP contribution is 2.38. The van der Waals surface area contributed by atoms with Crippen LogP contribution in [0.4, 0.5) is 0 Å². The van der Waals surface area contributed by atoms with Crippen LogP contribution in [0.5, 0.6) is 0 Å². The van der Waals surface area contributed by atoms with E-state index in [1.165, 1.54) is 0 Å². The molecule has 1 aliphatic rings. The SMILES string of the molecule is C#CC#CC#CC#CC#CC#CC#CC#CC#CC#CC#COC(=O)C(C)(CC)CC(C)(C)C(=O)OCC1CO1. The third-order valence-corrected chi connectivity index (χ3v) is 4.85. The summed E-state index contributed by atoms with van der Waals surface area (Å²) in [7, 11) is 0. The Bertz CT molecular complexity index is 1680. The van der Waals surface area contributed by atoms with Gasteiger partial charge in [-0.25, -0.2) is 0 Å². The standard InChI is InChI=1S/C35H22O5/c1-6-8-9-10-11-12-13-14-15-16-17-18-19-20-21-22-23-24-25-26-27-38-33(37)35(5,7-2)30-34(3,4)32(36)40-29-31-28-39-31/h1,31H,7,28-30H2,2-5H3. The average molecular weight is 523 g/mol. The molecule has 5 heteroatoms. The molecule has 1 heterocycles. The van der Waals surface area contributed by atoms with E-state index in [9.17, 15) is 9.59 Å². The number of epoxide rings is 1. The predicted molar refractivity (Wildman–Crippen MR) is 150 cm³/mol. The lowest BCUT2D eigenvalue weighted by Crippen LogP contribution is -2.38. The van der Waals surface area contributed by atoms with E-state index in [0.29, 0.717) is 13.0 Å². The molecule has 2 unspecified atom stereocenters. The minimum absolute atomic E-state index is 0.0269. The van der Waals surface area contributed by atoms with E-state index in [4.69, 9.17) is 20.6 Å². The summed E-state index contributed by atoms with van der Waals surface area (Å²) in [5.74, 6) is 47.8. The van der Waals surface area contributed by atoms with Gasteiger partial charge in [0.15, 0.2) is 0 Å². The normalized spacial score (nSPS) is 12.2. The highest BCUT2D eigenvalue weighted by molar-refractivity contribution is 5.81. The van der Waals surface area contributed by atoms with E-state index in [1.54, 1.807) is 20.8 Å². The molecular formula is C35H22O5. The number of carbonyl (C=O) groups excluding carboxylic acids is 2. The van der Waals surface area contributed by atoms with Gasteiger partial charge in [-0.2, -0.15) is 0 Å². The van der Waals surface area contributed by atoms with Crippen molar-refractivity contribution in [2.24, 2.45) is 10.8 Å². The molecule has 0 aromatic rings. The Balaban J connectivity index is 2.53. The van der Waals surface area contributed by atoms with Crippen molar-refractivity contribution < 1.29 is 23.8 Å². The van der Waals surface area contributed by atoms with Crippen LogP contribution in [-0.2, 0) is 23.8 Å². The van der Waals surface area contributed by atoms with Crippen LogP contribution in [0.3, 0.4) is 0 Å². The summed E-state index contributed by atoms with van der Waals surface area (Å²) in [6, 6.07) is 0. The molecule has 0 aromatic carbocycles. The quantitative estimate of drug-likeness (QED) is 0.291. The van der Waals surface area contributed by atoms with Crippen molar-refractivity contribution >= 4 is 11.9 Å². The Morgan fingerprint density at radius 1 is 0.725 bits per heavy atom. The molecule has 0 saturated carbocycles. The minimum atomic E-state index is -0.935. The van der Waals surface area contributed by atoms with Crippen LogP contribution in [0.15, 0.2) is 0 Å². The number of rotatable bonds is 7. The second-order valence-electron chi connectivity index (χ2n) is 8.54. The first kappa shape index (κ1) is 32.1. The summed E-state index contributed by atoms with van der Waals surface area (Å²) in [4.78, 5) is 25.1. The van der Waals surface area contributed by atoms with Gasteiger partial charge in [0.2, 0.25) is 0 Å². The van der Waals surface area contributed by atoms with Crippen molar-refractivity contribution in [3.63, 3.8) is 0 Å². The van der Waals surface area contributed by atoms with Gasteiger partial charge < -0.3 is 14.2 Å². The molecule has 0 bridgehead atoms. The Morgan fingerprint density at radius 2 is 1.12 bits per heavy atom. The van der Waals surface area contributed by atoms with Gasteiger partial charge in [0.05, 0.1) is 17.4 Å². The number of terminal acetylenes is 1. The van der Waals surface area contributed by atoms with Crippen molar-refractivity contribution in [1.29, 1.82) is 0 Å². The lowest BCUT2D eigenvalue weighted by Gasteiger charge is -2.32. The molecule has 1 saturated heterocycles. The van der Waals surface area contributed by atoms with Crippen molar-refractivity contribution in [2.75, 3.05) is 13.2 Å². The van der Waals surface area contributed by atoms with Crippen molar-refractivity contribution in [3.05, 3.63) is 0 Å². The van der Waals surface area contributed by atoms with Gasteiger partial charge in [0.25, 0.3) is 0 Å². The Kier molecular flexibility index (Phi) is 14.7. The van der Waals surface area contributed by atoms with E-state index in [-0.39, 0.29) is 19.1 Å². The molecule has 192 valence electrons. The number of hydrogen-bond donors (Lipinski definition) is 0. The van der Waals surface area contributed by atoms with Crippen LogP contribution in [0, 0.1) is 142 Å². The number of hydrogen-bond acceptors (Lipinski definition) is 5. The third-order valence-electron chi connectivity index (χ3n) is 4.85. The van der Waals surface area contributed by atoms with Crippen LogP contribution in [0.25, 0.3) is 0 Å². The molecule has 0 radical (unpaired) electrons. The molecule has 0 aromatic heterocycles. The van der Waals surface area contributed by atoms with Gasteiger partial charge in [0.1, 0.15) is 18.8 Å². The predicted octanol–water partition coefficient (Wildman–Crippen LogP) is 1.93. The summed E-state index contributed by atoms with van der Waals surface area (Å²) >= 11 is 0. The first-order valence-electron chi connectivity index (χ1n) is 11.7. The summed E-state index contributed by atoms with van der Waals surface area (Å²) in [6.07, 6.45) is 7.85. The lowest BCUT2D eigenvalue weighted by atomic mass is 9.72. The first-order chi connectivity index (χ1) is 19.2. The summed E-state index contributed by atoms with van der Waals surface area (Å²) in [5.41, 5.74) is -1.83. The smallest absolute Gasteiger partial charge is 0.325 e. The molecule has 0 aliphatic carbocycles. The average Bonchev–Trinajstić information content (AvgIpc) is 3.76. The number of esters is 2. The molecule has 0 amide bonds. The van der Waals surface area contributed by atoms with Gasteiger partial charge >= 0.3 is 11.9 Å². The largest absolute Gasteiger partial charge is 0.462 e. The second-order valence-corrected chi connectivity index (χ2v) is 8.54. The molecular weight excluding hydrogens is 500 g/mol. The van der Waals surface area contributed by atoms with E-state index < -0.39 is 22.8 Å². The van der Waals surface area contributed by atoms with E-state index in [1.807, 2.05) is 6.92 Å². The van der Waals surface area contributed by atoms with Gasteiger partial charge in [0, 0.05) is 71.0 Å². The van der Waals surface area contributed by atoms with Gasteiger partial charge in [-0.3, -0.25) is 9.59 Å². The Morgan fingerprint density at radius 3 is 1.50 bits per heavy atom. The van der Waals surface area contributed by atoms with Crippen LogP contribution in [0.1, 0.15) is 40.5 Å². The fraction of sp³-hybridized carbons (Fsp3) is 0.314. The van der Waals surface area contributed by atoms with Gasteiger partial charge in [-0.05, 0) is 81.0 Å². The maximum Gasteiger partial charge on any atom is 0.325 e. The van der Waals surface area contributed by atoms with Crippen LogP contribution >= 0.6 is 0 Å². The minimum Gasteiger partial charge on any atom is -0.462 e. The molecule has 1 aliphatic heterocycles. The lowest BCUT2D eigenvalue weighted by molar-refractivity contribution is -0.160. The number of carbonyl (C=O) groups is 2. The molecule has 0 spiro atoms. The maximum atomic E-state index is 12.6. The summed E-state index contributed by atoms with van der Waals surface area (Å²) in [6.45, 7) is 7.83. The monoisotopic (exact) mass is 522 g/mol. The maximum absolute atomic E-state index is 12.6. The zero-order chi connectivity index (χ0) is 29.5. The molecule has 0 N–H and O–H groups in total. The Labute approximate surface area is 237 Å². The zero-order valence-corrected chi connectivity index (χ0v) is 22.5. The highest BCUT2D eigenvalue weighted by Gasteiger charge is 2.43. The molecule has 1 fully saturated rings. The van der Waals surface area contributed by atoms with Crippen molar-refractivity contribution in [1.82, 2.24) is 0 Å². The molecule has 5 nitrogen and oxygen atoms in total. The van der Waals surface area contributed by atoms with E-state index >= 15 is 0 Å². The van der Waals surface area contributed by atoms with Crippen LogP contribution in [0.2, 0.25) is 0 Å². The first-order valence-corrected chi connectivity index (χ1v) is 11.7. The van der Waals surface area contributed by atoms with Gasteiger partial charge in [-0.1, -0.05) is 6.92 Å². The summed E-state index contributed by atoms with van der Waals surface area (Å²) in [5, 5.41) is 0. The number of ether oxygens (including phenoxy) is 3. The molecule has 1 rings (SSSR count). The van der Waals surface area contributed by atoms with Crippen molar-refractivity contribution in [3.8, 4) is 131 Å². The third kappa shape index (κ3) is 14.6. The molecule has 2 atom stereocenters. The summed E-state index contributed by atoms with van der Waals surface area (Å²) < 4.78 is 15.4. The van der Waals surface area contributed by atoms with Crippen LogP contribution < -0.4 is 0 Å². The second kappa shape index (κ2) is 18.3. The fourth-order valence-corrected chi connectivity index (χ4v) is 2.71.